The minimum absolute atomic E-state index is 0.480. The van der Waals surface area contributed by atoms with E-state index in [9.17, 15) is 5.11 Å². The van der Waals surface area contributed by atoms with Crippen molar-refractivity contribution in [2.75, 3.05) is 14.2 Å². The summed E-state index contributed by atoms with van der Waals surface area (Å²) in [6.07, 6.45) is 1.59. The molecule has 16 heavy (non-hydrogen) atoms. The predicted molar refractivity (Wildman–Crippen MR) is 64.5 cm³/mol. The van der Waals surface area contributed by atoms with E-state index in [1.807, 2.05) is 12.1 Å². The van der Waals surface area contributed by atoms with Gasteiger partial charge >= 0.3 is 0 Å². The first-order valence-corrected chi connectivity index (χ1v) is 5.98. The van der Waals surface area contributed by atoms with Crippen molar-refractivity contribution in [2.45, 2.75) is 25.0 Å². The zero-order valence-corrected chi connectivity index (χ0v) is 11.0. The second-order valence-electron chi connectivity index (χ2n) is 4.11. The van der Waals surface area contributed by atoms with Crippen molar-refractivity contribution in [3.8, 4) is 5.75 Å². The average molecular weight is 287 g/mol. The molecule has 1 aromatic rings. The van der Waals surface area contributed by atoms with E-state index in [1.54, 1.807) is 14.2 Å². The molecule has 0 radical (unpaired) electrons. The van der Waals surface area contributed by atoms with Gasteiger partial charge in [0.2, 0.25) is 0 Å². The third-order valence-electron chi connectivity index (χ3n) is 2.86. The van der Waals surface area contributed by atoms with Gasteiger partial charge in [-0.15, -0.1) is 0 Å². The van der Waals surface area contributed by atoms with Gasteiger partial charge in [0.15, 0.2) is 0 Å². The van der Waals surface area contributed by atoms with E-state index < -0.39 is 5.60 Å². The molecule has 88 valence electrons. The van der Waals surface area contributed by atoms with Gasteiger partial charge < -0.3 is 14.6 Å². The molecule has 1 N–H and O–H groups in total. The highest BCUT2D eigenvalue weighted by Crippen LogP contribution is 2.51. The van der Waals surface area contributed by atoms with Crippen molar-refractivity contribution in [1.82, 2.24) is 0 Å². The standard InChI is InChI=1S/C12H15BrO3/c1-15-7-8-5-9(13)6-10(16-2)11(8)12(14)3-4-12/h5-6,14H,3-4,7H2,1-2H3. The second-order valence-corrected chi connectivity index (χ2v) is 5.02. The molecule has 0 atom stereocenters. The maximum Gasteiger partial charge on any atom is 0.126 e. The van der Waals surface area contributed by atoms with Crippen molar-refractivity contribution < 1.29 is 14.6 Å². The van der Waals surface area contributed by atoms with E-state index >= 15 is 0 Å². The molecular weight excluding hydrogens is 272 g/mol. The van der Waals surface area contributed by atoms with Crippen LogP contribution < -0.4 is 4.74 Å². The summed E-state index contributed by atoms with van der Waals surface area (Å²) in [7, 11) is 3.27. The summed E-state index contributed by atoms with van der Waals surface area (Å²) in [5, 5.41) is 10.3. The fourth-order valence-corrected chi connectivity index (χ4v) is 2.45. The average Bonchev–Trinajstić information content (AvgIpc) is 2.96. The Labute approximate surface area is 104 Å². The van der Waals surface area contributed by atoms with E-state index in [1.165, 1.54) is 0 Å². The maximum atomic E-state index is 10.3. The SMILES string of the molecule is COCc1cc(Br)cc(OC)c1C1(O)CC1. The van der Waals surface area contributed by atoms with Crippen LogP contribution in [-0.2, 0) is 16.9 Å². The summed E-state index contributed by atoms with van der Waals surface area (Å²) in [6, 6.07) is 3.85. The van der Waals surface area contributed by atoms with Crippen LogP contribution in [0.5, 0.6) is 5.75 Å². The molecule has 0 amide bonds. The molecule has 0 bridgehead atoms. The van der Waals surface area contributed by atoms with Gasteiger partial charge in [-0.25, -0.2) is 0 Å². The Morgan fingerprint density at radius 3 is 2.56 bits per heavy atom. The molecular formula is C12H15BrO3. The monoisotopic (exact) mass is 286 g/mol. The van der Waals surface area contributed by atoms with Crippen LogP contribution in [0, 0.1) is 0 Å². The van der Waals surface area contributed by atoms with Crippen LogP contribution in [-0.4, -0.2) is 19.3 Å². The number of rotatable bonds is 4. The maximum absolute atomic E-state index is 10.3. The Kier molecular flexibility index (Phi) is 3.24. The summed E-state index contributed by atoms with van der Waals surface area (Å²) >= 11 is 3.43. The summed E-state index contributed by atoms with van der Waals surface area (Å²) in [4.78, 5) is 0. The molecule has 0 spiro atoms. The molecule has 1 aliphatic carbocycles. The Morgan fingerprint density at radius 2 is 2.06 bits per heavy atom. The predicted octanol–water partition coefficient (Wildman–Crippen LogP) is 2.59. The molecule has 4 heteroatoms. The van der Waals surface area contributed by atoms with Gasteiger partial charge in [0, 0.05) is 17.1 Å². The molecule has 0 saturated heterocycles. The van der Waals surface area contributed by atoms with Crippen LogP contribution in [0.3, 0.4) is 0 Å². The van der Waals surface area contributed by atoms with E-state index in [0.29, 0.717) is 6.61 Å². The van der Waals surface area contributed by atoms with Crippen LogP contribution in [0.15, 0.2) is 16.6 Å². The molecule has 2 rings (SSSR count). The normalized spacial score (nSPS) is 17.2. The topological polar surface area (TPSA) is 38.7 Å². The lowest BCUT2D eigenvalue weighted by atomic mass is 10.00. The van der Waals surface area contributed by atoms with Gasteiger partial charge in [-0.2, -0.15) is 0 Å². The van der Waals surface area contributed by atoms with Gasteiger partial charge in [0.05, 0.1) is 19.3 Å². The van der Waals surface area contributed by atoms with Gasteiger partial charge in [0.1, 0.15) is 5.75 Å². The van der Waals surface area contributed by atoms with Crippen LogP contribution in [0.1, 0.15) is 24.0 Å². The third-order valence-corrected chi connectivity index (χ3v) is 3.32. The van der Waals surface area contributed by atoms with Crippen molar-refractivity contribution in [1.29, 1.82) is 0 Å². The van der Waals surface area contributed by atoms with E-state index in [-0.39, 0.29) is 0 Å². The molecule has 1 aliphatic rings. The molecule has 0 aromatic heterocycles. The van der Waals surface area contributed by atoms with E-state index in [4.69, 9.17) is 9.47 Å². The quantitative estimate of drug-likeness (QED) is 0.925. The lowest BCUT2D eigenvalue weighted by Crippen LogP contribution is -2.11. The lowest BCUT2D eigenvalue weighted by Gasteiger charge is -2.18. The Balaban J connectivity index is 2.52. The van der Waals surface area contributed by atoms with Crippen molar-refractivity contribution in [3.05, 3.63) is 27.7 Å². The minimum Gasteiger partial charge on any atom is -0.496 e. The molecule has 3 nitrogen and oxygen atoms in total. The van der Waals surface area contributed by atoms with Crippen LogP contribution in [0.4, 0.5) is 0 Å². The fraction of sp³-hybridized carbons (Fsp3) is 0.500. The van der Waals surface area contributed by atoms with E-state index in [0.717, 1.165) is 34.2 Å². The second kappa shape index (κ2) is 4.35. The zero-order chi connectivity index (χ0) is 11.8. The highest BCUT2D eigenvalue weighted by molar-refractivity contribution is 9.10. The number of ether oxygens (including phenoxy) is 2. The van der Waals surface area contributed by atoms with Crippen molar-refractivity contribution >= 4 is 15.9 Å². The first-order chi connectivity index (χ1) is 7.60. The zero-order valence-electron chi connectivity index (χ0n) is 9.42. The van der Waals surface area contributed by atoms with Gasteiger partial charge in [-0.3, -0.25) is 0 Å². The van der Waals surface area contributed by atoms with Crippen molar-refractivity contribution in [3.63, 3.8) is 0 Å². The lowest BCUT2D eigenvalue weighted by molar-refractivity contribution is 0.137. The Morgan fingerprint density at radius 1 is 1.38 bits per heavy atom. The largest absolute Gasteiger partial charge is 0.496 e. The summed E-state index contributed by atoms with van der Waals surface area (Å²) in [6.45, 7) is 0.480. The number of halogens is 1. The molecule has 0 unspecified atom stereocenters. The van der Waals surface area contributed by atoms with Gasteiger partial charge in [-0.1, -0.05) is 15.9 Å². The molecule has 1 saturated carbocycles. The molecule has 0 heterocycles. The van der Waals surface area contributed by atoms with Gasteiger partial charge in [-0.05, 0) is 30.5 Å². The Bertz CT molecular complexity index is 399. The minimum atomic E-state index is -0.708. The number of aliphatic hydroxyl groups is 1. The first kappa shape index (κ1) is 11.9. The number of benzene rings is 1. The smallest absolute Gasteiger partial charge is 0.126 e. The number of methoxy groups -OCH3 is 2. The van der Waals surface area contributed by atoms with Gasteiger partial charge in [0.25, 0.3) is 0 Å². The van der Waals surface area contributed by atoms with Crippen LogP contribution >= 0.6 is 15.9 Å². The fourth-order valence-electron chi connectivity index (χ4n) is 1.96. The molecule has 1 aromatic carbocycles. The number of hydrogen-bond acceptors (Lipinski definition) is 3. The highest BCUT2D eigenvalue weighted by Gasteiger charge is 2.45. The van der Waals surface area contributed by atoms with Crippen molar-refractivity contribution in [2.24, 2.45) is 0 Å². The summed E-state index contributed by atoms with van der Waals surface area (Å²) in [5.74, 6) is 0.724. The highest BCUT2D eigenvalue weighted by atomic mass is 79.9. The summed E-state index contributed by atoms with van der Waals surface area (Å²) < 4.78 is 11.4. The first-order valence-electron chi connectivity index (χ1n) is 5.19. The van der Waals surface area contributed by atoms with E-state index in [2.05, 4.69) is 15.9 Å². The summed E-state index contributed by atoms with van der Waals surface area (Å²) in [5.41, 5.74) is 1.15. The Hall–Kier alpha value is -0.580. The van der Waals surface area contributed by atoms with Crippen LogP contribution in [0.25, 0.3) is 0 Å². The number of hydrogen-bond donors (Lipinski definition) is 1. The third kappa shape index (κ3) is 2.10. The molecule has 1 fully saturated rings. The van der Waals surface area contributed by atoms with Crippen LogP contribution in [0.2, 0.25) is 0 Å². The molecule has 0 aliphatic heterocycles.